The predicted molar refractivity (Wildman–Crippen MR) is 64.8 cm³/mol. The van der Waals surface area contributed by atoms with E-state index in [0.29, 0.717) is 5.75 Å². The number of benzene rings is 2. The zero-order chi connectivity index (χ0) is 11.5. The maximum atomic E-state index is 9.70. The number of aryl methyl sites for hydroxylation is 1. The third-order valence-electron chi connectivity index (χ3n) is 2.53. The molecule has 0 radical (unpaired) electrons. The average molecular weight is 214 g/mol. The zero-order valence-corrected chi connectivity index (χ0v) is 9.40. The van der Waals surface area contributed by atoms with E-state index in [-0.39, 0.29) is 5.75 Å². The molecule has 0 aliphatic carbocycles. The predicted octanol–water partition coefficient (Wildman–Crippen LogP) is 3.38. The number of ether oxygens (including phenoxy) is 1. The van der Waals surface area contributed by atoms with Crippen molar-refractivity contribution in [2.75, 3.05) is 7.11 Å². The molecule has 0 saturated carbocycles. The summed E-state index contributed by atoms with van der Waals surface area (Å²) < 4.78 is 5.01. The quantitative estimate of drug-likeness (QED) is 0.830. The van der Waals surface area contributed by atoms with Crippen LogP contribution in [0.2, 0.25) is 0 Å². The molecule has 0 heterocycles. The molecule has 0 aromatic heterocycles. The minimum atomic E-state index is 0.168. The third-order valence-corrected chi connectivity index (χ3v) is 2.53. The molecule has 82 valence electrons. The van der Waals surface area contributed by atoms with Crippen LogP contribution in [0.3, 0.4) is 0 Å². The van der Waals surface area contributed by atoms with E-state index >= 15 is 0 Å². The van der Waals surface area contributed by atoms with E-state index in [1.54, 1.807) is 19.2 Å². The van der Waals surface area contributed by atoms with Gasteiger partial charge in [-0.3, -0.25) is 0 Å². The normalized spacial score (nSPS) is 10.1. The smallest absolute Gasteiger partial charge is 0.160 e. The molecule has 0 saturated heterocycles. The molecular formula is C14H14O2. The lowest BCUT2D eigenvalue weighted by molar-refractivity contribution is 0.373. The van der Waals surface area contributed by atoms with Gasteiger partial charge in [-0.1, -0.05) is 35.9 Å². The van der Waals surface area contributed by atoms with Gasteiger partial charge in [0, 0.05) is 0 Å². The molecule has 2 aromatic rings. The van der Waals surface area contributed by atoms with Crippen LogP contribution in [0.15, 0.2) is 42.5 Å². The highest BCUT2D eigenvalue weighted by Gasteiger charge is 2.04. The standard InChI is InChI=1S/C14H14O2/c1-10-4-3-5-11(8-10)12-6-7-14(16-2)13(15)9-12/h3-9,15H,1-2H3. The van der Waals surface area contributed by atoms with Gasteiger partial charge in [0.25, 0.3) is 0 Å². The Kier molecular flexibility index (Phi) is 2.82. The van der Waals surface area contributed by atoms with Gasteiger partial charge < -0.3 is 9.84 Å². The molecule has 0 fully saturated rings. The first kappa shape index (κ1) is 10.6. The van der Waals surface area contributed by atoms with Crippen LogP contribution < -0.4 is 4.74 Å². The lowest BCUT2D eigenvalue weighted by Crippen LogP contribution is -1.85. The number of hydrogen-bond acceptors (Lipinski definition) is 2. The van der Waals surface area contributed by atoms with Crippen LogP contribution in [0.25, 0.3) is 11.1 Å². The molecule has 0 spiro atoms. The molecule has 0 aliphatic rings. The SMILES string of the molecule is COc1ccc(-c2cccc(C)c2)cc1O. The van der Waals surface area contributed by atoms with Crippen molar-refractivity contribution >= 4 is 0 Å². The third kappa shape index (κ3) is 2.01. The van der Waals surface area contributed by atoms with Crippen molar-refractivity contribution in [1.29, 1.82) is 0 Å². The first-order valence-electron chi connectivity index (χ1n) is 5.15. The fourth-order valence-corrected chi connectivity index (χ4v) is 1.69. The number of aromatic hydroxyl groups is 1. The second-order valence-electron chi connectivity index (χ2n) is 3.76. The summed E-state index contributed by atoms with van der Waals surface area (Å²) >= 11 is 0. The van der Waals surface area contributed by atoms with Crippen molar-refractivity contribution in [2.45, 2.75) is 6.92 Å². The first-order chi connectivity index (χ1) is 7.70. The number of rotatable bonds is 2. The van der Waals surface area contributed by atoms with Gasteiger partial charge in [0.2, 0.25) is 0 Å². The number of phenols is 1. The molecule has 0 amide bonds. The summed E-state index contributed by atoms with van der Waals surface area (Å²) in [6.07, 6.45) is 0. The minimum absolute atomic E-state index is 0.168. The summed E-state index contributed by atoms with van der Waals surface area (Å²) in [6.45, 7) is 2.05. The Balaban J connectivity index is 2.45. The monoisotopic (exact) mass is 214 g/mol. The van der Waals surface area contributed by atoms with Crippen molar-refractivity contribution in [3.05, 3.63) is 48.0 Å². The summed E-state index contributed by atoms with van der Waals surface area (Å²) in [4.78, 5) is 0. The fraction of sp³-hybridized carbons (Fsp3) is 0.143. The second-order valence-corrected chi connectivity index (χ2v) is 3.76. The van der Waals surface area contributed by atoms with Crippen LogP contribution in [0, 0.1) is 6.92 Å². The minimum Gasteiger partial charge on any atom is -0.504 e. The summed E-state index contributed by atoms with van der Waals surface area (Å²) in [7, 11) is 1.54. The lowest BCUT2D eigenvalue weighted by Gasteiger charge is -2.07. The summed E-state index contributed by atoms with van der Waals surface area (Å²) in [5.74, 6) is 0.665. The van der Waals surface area contributed by atoms with Crippen molar-refractivity contribution in [3.8, 4) is 22.6 Å². The van der Waals surface area contributed by atoms with Crippen molar-refractivity contribution in [1.82, 2.24) is 0 Å². The molecule has 0 atom stereocenters. The van der Waals surface area contributed by atoms with Crippen LogP contribution in [0.1, 0.15) is 5.56 Å². The van der Waals surface area contributed by atoms with Crippen molar-refractivity contribution < 1.29 is 9.84 Å². The number of methoxy groups -OCH3 is 1. The molecule has 0 aliphatic heterocycles. The van der Waals surface area contributed by atoms with E-state index in [4.69, 9.17) is 4.74 Å². The maximum Gasteiger partial charge on any atom is 0.160 e. The highest BCUT2D eigenvalue weighted by Crippen LogP contribution is 2.31. The van der Waals surface area contributed by atoms with Crippen LogP contribution in [0.4, 0.5) is 0 Å². The Morgan fingerprint density at radius 2 is 1.75 bits per heavy atom. The van der Waals surface area contributed by atoms with Gasteiger partial charge in [0.15, 0.2) is 11.5 Å². The topological polar surface area (TPSA) is 29.5 Å². The first-order valence-corrected chi connectivity index (χ1v) is 5.15. The summed E-state index contributed by atoms with van der Waals surface area (Å²) in [5.41, 5.74) is 3.28. The van der Waals surface area contributed by atoms with Crippen LogP contribution in [0.5, 0.6) is 11.5 Å². The van der Waals surface area contributed by atoms with Gasteiger partial charge in [-0.15, -0.1) is 0 Å². The summed E-state index contributed by atoms with van der Waals surface area (Å²) in [5, 5.41) is 9.70. The molecule has 2 heteroatoms. The Morgan fingerprint density at radius 3 is 2.38 bits per heavy atom. The van der Waals surface area contributed by atoms with Crippen molar-refractivity contribution in [3.63, 3.8) is 0 Å². The molecular weight excluding hydrogens is 200 g/mol. The highest BCUT2D eigenvalue weighted by molar-refractivity contribution is 5.67. The number of phenolic OH excluding ortho intramolecular Hbond substituents is 1. The van der Waals surface area contributed by atoms with Gasteiger partial charge in [-0.05, 0) is 30.2 Å². The van der Waals surface area contributed by atoms with Crippen LogP contribution >= 0.6 is 0 Å². The molecule has 2 rings (SSSR count). The van der Waals surface area contributed by atoms with Gasteiger partial charge in [-0.25, -0.2) is 0 Å². The maximum absolute atomic E-state index is 9.70. The van der Waals surface area contributed by atoms with Gasteiger partial charge in [0.1, 0.15) is 0 Å². The van der Waals surface area contributed by atoms with Crippen LogP contribution in [-0.2, 0) is 0 Å². The Labute approximate surface area is 95.1 Å². The average Bonchev–Trinajstić information content (AvgIpc) is 2.29. The van der Waals surface area contributed by atoms with E-state index in [1.807, 2.05) is 31.2 Å². The number of hydrogen-bond donors (Lipinski definition) is 1. The fourth-order valence-electron chi connectivity index (χ4n) is 1.69. The van der Waals surface area contributed by atoms with Gasteiger partial charge >= 0.3 is 0 Å². The molecule has 2 nitrogen and oxygen atoms in total. The lowest BCUT2D eigenvalue weighted by atomic mass is 10.0. The zero-order valence-electron chi connectivity index (χ0n) is 9.40. The second kappa shape index (κ2) is 4.27. The largest absolute Gasteiger partial charge is 0.504 e. The van der Waals surface area contributed by atoms with Gasteiger partial charge in [-0.2, -0.15) is 0 Å². The molecule has 0 unspecified atom stereocenters. The summed E-state index contributed by atoms with van der Waals surface area (Å²) in [6, 6.07) is 13.6. The van der Waals surface area contributed by atoms with Crippen molar-refractivity contribution in [2.24, 2.45) is 0 Å². The van der Waals surface area contributed by atoms with E-state index in [0.717, 1.165) is 11.1 Å². The molecule has 2 aromatic carbocycles. The Bertz CT molecular complexity index is 504. The van der Waals surface area contributed by atoms with Crippen LogP contribution in [-0.4, -0.2) is 12.2 Å². The van der Waals surface area contributed by atoms with E-state index in [9.17, 15) is 5.11 Å². The molecule has 0 bridgehead atoms. The Hall–Kier alpha value is -1.96. The molecule has 1 N–H and O–H groups in total. The molecule has 16 heavy (non-hydrogen) atoms. The Morgan fingerprint density at radius 1 is 1.00 bits per heavy atom. The van der Waals surface area contributed by atoms with E-state index in [1.165, 1.54) is 5.56 Å². The highest BCUT2D eigenvalue weighted by atomic mass is 16.5. The van der Waals surface area contributed by atoms with E-state index in [2.05, 4.69) is 6.07 Å². The van der Waals surface area contributed by atoms with Gasteiger partial charge in [0.05, 0.1) is 7.11 Å². The van der Waals surface area contributed by atoms with E-state index < -0.39 is 0 Å².